The van der Waals surface area contributed by atoms with E-state index in [4.69, 9.17) is 9.47 Å². The standard InChI is InChI=1S/C21H34N2O3/c1-4-6-14-25-19-9-8-17(16-20(19)26-15-7-5-2)21(24)23-12-10-18(22-3)11-13-23/h8-9,16,18,22H,4-7,10-15H2,1-3H3. The fourth-order valence-electron chi connectivity index (χ4n) is 3.08. The van der Waals surface area contributed by atoms with Gasteiger partial charge in [-0.05, 0) is 50.9 Å². The fourth-order valence-corrected chi connectivity index (χ4v) is 3.08. The number of ether oxygens (including phenoxy) is 2. The highest BCUT2D eigenvalue weighted by atomic mass is 16.5. The van der Waals surface area contributed by atoms with Gasteiger partial charge in [-0.25, -0.2) is 0 Å². The van der Waals surface area contributed by atoms with E-state index in [1.54, 1.807) is 0 Å². The van der Waals surface area contributed by atoms with Crippen LogP contribution in [-0.2, 0) is 0 Å². The van der Waals surface area contributed by atoms with Crippen molar-refractivity contribution in [2.45, 2.75) is 58.4 Å². The normalized spacial score (nSPS) is 15.1. The van der Waals surface area contributed by atoms with Gasteiger partial charge in [0.25, 0.3) is 5.91 Å². The number of carbonyl (C=O) groups excluding carboxylic acids is 1. The summed E-state index contributed by atoms with van der Waals surface area (Å²) in [5.41, 5.74) is 0.683. The summed E-state index contributed by atoms with van der Waals surface area (Å²) in [6, 6.07) is 6.11. The molecule has 0 unspecified atom stereocenters. The Hall–Kier alpha value is -1.75. The topological polar surface area (TPSA) is 50.8 Å². The van der Waals surface area contributed by atoms with Crippen LogP contribution in [0.1, 0.15) is 62.7 Å². The Kier molecular flexibility index (Phi) is 8.75. The Morgan fingerprint density at radius 1 is 1.08 bits per heavy atom. The molecule has 1 aromatic carbocycles. The van der Waals surface area contributed by atoms with Crippen LogP contribution in [0.5, 0.6) is 11.5 Å². The average molecular weight is 363 g/mol. The Labute approximate surface area is 158 Å². The largest absolute Gasteiger partial charge is 0.490 e. The number of likely N-dealkylation sites (tertiary alicyclic amines) is 1. The smallest absolute Gasteiger partial charge is 0.253 e. The minimum atomic E-state index is 0.0833. The summed E-state index contributed by atoms with van der Waals surface area (Å²) in [6.45, 7) is 7.19. The summed E-state index contributed by atoms with van der Waals surface area (Å²) in [5.74, 6) is 1.51. The molecule has 0 aliphatic carbocycles. The zero-order valence-corrected chi connectivity index (χ0v) is 16.6. The minimum absolute atomic E-state index is 0.0833. The molecule has 0 bridgehead atoms. The van der Waals surface area contributed by atoms with Gasteiger partial charge in [-0.3, -0.25) is 4.79 Å². The van der Waals surface area contributed by atoms with E-state index in [0.29, 0.717) is 30.6 Å². The van der Waals surface area contributed by atoms with Crippen LogP contribution in [0.2, 0.25) is 0 Å². The van der Waals surface area contributed by atoms with E-state index in [9.17, 15) is 4.79 Å². The number of benzene rings is 1. The van der Waals surface area contributed by atoms with Crippen LogP contribution in [0, 0.1) is 0 Å². The molecule has 0 spiro atoms. The molecule has 0 radical (unpaired) electrons. The van der Waals surface area contributed by atoms with Crippen molar-refractivity contribution in [3.05, 3.63) is 23.8 Å². The van der Waals surface area contributed by atoms with E-state index in [0.717, 1.165) is 57.4 Å². The third-order valence-electron chi connectivity index (χ3n) is 4.89. The minimum Gasteiger partial charge on any atom is -0.490 e. The van der Waals surface area contributed by atoms with Crippen molar-refractivity contribution in [1.82, 2.24) is 10.2 Å². The summed E-state index contributed by atoms with van der Waals surface area (Å²) in [4.78, 5) is 14.8. The van der Waals surface area contributed by atoms with E-state index >= 15 is 0 Å². The van der Waals surface area contributed by atoms with E-state index in [1.165, 1.54) is 0 Å². The Morgan fingerprint density at radius 2 is 1.69 bits per heavy atom. The van der Waals surface area contributed by atoms with Crippen molar-refractivity contribution < 1.29 is 14.3 Å². The SMILES string of the molecule is CCCCOc1ccc(C(=O)N2CCC(NC)CC2)cc1OCCCC. The second kappa shape index (κ2) is 11.1. The van der Waals surface area contributed by atoms with Crippen LogP contribution in [0.3, 0.4) is 0 Å². The molecule has 146 valence electrons. The monoisotopic (exact) mass is 362 g/mol. The zero-order chi connectivity index (χ0) is 18.8. The molecule has 26 heavy (non-hydrogen) atoms. The first-order valence-corrected chi connectivity index (χ1v) is 10.1. The number of carbonyl (C=O) groups is 1. The molecule has 1 aliphatic heterocycles. The van der Waals surface area contributed by atoms with Gasteiger partial charge in [-0.2, -0.15) is 0 Å². The van der Waals surface area contributed by atoms with Crippen molar-refractivity contribution in [1.29, 1.82) is 0 Å². The van der Waals surface area contributed by atoms with E-state index in [1.807, 2.05) is 30.1 Å². The molecule has 1 amide bonds. The maximum Gasteiger partial charge on any atom is 0.253 e. The van der Waals surface area contributed by atoms with Gasteiger partial charge in [0, 0.05) is 24.7 Å². The molecule has 5 heteroatoms. The predicted molar refractivity (Wildman–Crippen MR) is 105 cm³/mol. The number of piperidine rings is 1. The van der Waals surface area contributed by atoms with Gasteiger partial charge in [-0.15, -0.1) is 0 Å². The maximum atomic E-state index is 12.9. The Morgan fingerprint density at radius 3 is 2.27 bits per heavy atom. The first-order valence-electron chi connectivity index (χ1n) is 10.1. The van der Waals surface area contributed by atoms with Crippen LogP contribution in [-0.4, -0.2) is 50.2 Å². The van der Waals surface area contributed by atoms with E-state index in [2.05, 4.69) is 19.2 Å². The van der Waals surface area contributed by atoms with Gasteiger partial charge in [0.1, 0.15) is 0 Å². The van der Waals surface area contributed by atoms with Gasteiger partial charge in [-0.1, -0.05) is 26.7 Å². The van der Waals surface area contributed by atoms with E-state index < -0.39 is 0 Å². The molecule has 1 heterocycles. The predicted octanol–water partition coefficient (Wildman–Crippen LogP) is 3.87. The lowest BCUT2D eigenvalue weighted by molar-refractivity contribution is 0.0706. The maximum absolute atomic E-state index is 12.9. The molecule has 2 rings (SSSR count). The molecular weight excluding hydrogens is 328 g/mol. The Bertz CT molecular complexity index is 554. The molecule has 1 saturated heterocycles. The molecular formula is C21H34N2O3. The molecule has 0 atom stereocenters. The summed E-state index contributed by atoms with van der Waals surface area (Å²) in [7, 11) is 1.99. The molecule has 1 N–H and O–H groups in total. The van der Waals surface area contributed by atoms with Crippen LogP contribution in [0.25, 0.3) is 0 Å². The number of rotatable bonds is 10. The summed E-state index contributed by atoms with van der Waals surface area (Å²) in [5, 5.41) is 3.30. The number of unbranched alkanes of at least 4 members (excludes halogenated alkanes) is 2. The Balaban J connectivity index is 2.07. The summed E-state index contributed by atoms with van der Waals surface area (Å²) < 4.78 is 11.8. The molecule has 0 aromatic heterocycles. The van der Waals surface area contributed by atoms with Gasteiger partial charge in [0.05, 0.1) is 13.2 Å². The van der Waals surface area contributed by atoms with Crippen molar-refractivity contribution in [3.63, 3.8) is 0 Å². The number of hydrogen-bond donors (Lipinski definition) is 1. The molecule has 0 saturated carbocycles. The quantitative estimate of drug-likeness (QED) is 0.642. The van der Waals surface area contributed by atoms with E-state index in [-0.39, 0.29) is 5.91 Å². The van der Waals surface area contributed by atoms with Crippen molar-refractivity contribution in [2.24, 2.45) is 0 Å². The van der Waals surface area contributed by atoms with Crippen molar-refractivity contribution in [2.75, 3.05) is 33.4 Å². The number of hydrogen-bond acceptors (Lipinski definition) is 4. The molecule has 1 aromatic rings. The lowest BCUT2D eigenvalue weighted by Gasteiger charge is -2.32. The second-order valence-electron chi connectivity index (χ2n) is 6.92. The molecule has 5 nitrogen and oxygen atoms in total. The third-order valence-corrected chi connectivity index (χ3v) is 4.89. The third kappa shape index (κ3) is 5.90. The first kappa shape index (κ1) is 20.6. The summed E-state index contributed by atoms with van der Waals surface area (Å²) >= 11 is 0. The van der Waals surface area contributed by atoms with Gasteiger partial charge >= 0.3 is 0 Å². The first-order chi connectivity index (χ1) is 12.7. The van der Waals surface area contributed by atoms with Crippen molar-refractivity contribution >= 4 is 5.91 Å². The van der Waals surface area contributed by atoms with Gasteiger partial charge in [0.15, 0.2) is 11.5 Å². The highest BCUT2D eigenvalue weighted by molar-refractivity contribution is 5.95. The van der Waals surface area contributed by atoms with Gasteiger partial charge in [0.2, 0.25) is 0 Å². The summed E-state index contributed by atoms with van der Waals surface area (Å²) in [6.07, 6.45) is 6.16. The van der Waals surface area contributed by atoms with Crippen LogP contribution >= 0.6 is 0 Å². The number of amides is 1. The van der Waals surface area contributed by atoms with Crippen LogP contribution < -0.4 is 14.8 Å². The highest BCUT2D eigenvalue weighted by Gasteiger charge is 2.23. The average Bonchev–Trinajstić information content (AvgIpc) is 2.69. The highest BCUT2D eigenvalue weighted by Crippen LogP contribution is 2.30. The van der Waals surface area contributed by atoms with Gasteiger partial charge < -0.3 is 19.7 Å². The number of nitrogens with zero attached hydrogens (tertiary/aromatic N) is 1. The zero-order valence-electron chi connectivity index (χ0n) is 16.6. The lowest BCUT2D eigenvalue weighted by atomic mass is 10.0. The molecule has 1 fully saturated rings. The fraction of sp³-hybridized carbons (Fsp3) is 0.667. The second-order valence-corrected chi connectivity index (χ2v) is 6.92. The number of nitrogens with one attached hydrogen (secondary N) is 1. The molecule has 1 aliphatic rings. The van der Waals surface area contributed by atoms with Crippen LogP contribution in [0.15, 0.2) is 18.2 Å². The van der Waals surface area contributed by atoms with Crippen LogP contribution in [0.4, 0.5) is 0 Å². The van der Waals surface area contributed by atoms with Crippen molar-refractivity contribution in [3.8, 4) is 11.5 Å². The lowest BCUT2D eigenvalue weighted by Crippen LogP contribution is -2.43.